The molecule has 0 atom stereocenters. The first-order chi connectivity index (χ1) is 12.2. The molecule has 1 aromatic heterocycles. The Morgan fingerprint density at radius 3 is 2.68 bits per heavy atom. The van der Waals surface area contributed by atoms with Crippen LogP contribution in [0.3, 0.4) is 0 Å². The molecule has 1 heterocycles. The van der Waals surface area contributed by atoms with Crippen molar-refractivity contribution in [2.45, 2.75) is 0 Å². The molecule has 0 saturated heterocycles. The predicted molar refractivity (Wildman–Crippen MR) is 100 cm³/mol. The number of nitrogens with zero attached hydrogens (tertiary/aromatic N) is 1. The molecule has 3 aromatic rings. The van der Waals surface area contributed by atoms with Crippen molar-refractivity contribution in [1.29, 1.82) is 0 Å². The highest BCUT2D eigenvalue weighted by atomic mass is 35.5. The second kappa shape index (κ2) is 8.05. The van der Waals surface area contributed by atoms with E-state index < -0.39 is 0 Å². The zero-order valence-electron chi connectivity index (χ0n) is 14.1. The Bertz CT molecular complexity index is 870. The van der Waals surface area contributed by atoms with Gasteiger partial charge in [0.25, 0.3) is 0 Å². The summed E-state index contributed by atoms with van der Waals surface area (Å²) < 4.78 is 16.1. The molecule has 5 nitrogen and oxygen atoms in total. The molecule has 6 heteroatoms. The van der Waals surface area contributed by atoms with Crippen molar-refractivity contribution >= 4 is 33.9 Å². The summed E-state index contributed by atoms with van der Waals surface area (Å²) >= 11 is 6.04. The fourth-order valence-electron chi connectivity index (χ4n) is 2.49. The van der Waals surface area contributed by atoms with Gasteiger partial charge in [-0.3, -0.25) is 4.98 Å². The van der Waals surface area contributed by atoms with Gasteiger partial charge in [-0.25, -0.2) is 0 Å². The molecule has 0 aliphatic heterocycles. The average Bonchev–Trinajstić information content (AvgIpc) is 2.62. The Morgan fingerprint density at radius 2 is 1.88 bits per heavy atom. The van der Waals surface area contributed by atoms with Crippen molar-refractivity contribution in [2.24, 2.45) is 0 Å². The Balaban J connectivity index is 1.89. The lowest BCUT2D eigenvalue weighted by atomic mass is 10.1. The molecule has 0 bridgehead atoms. The van der Waals surface area contributed by atoms with E-state index in [0.717, 1.165) is 22.3 Å². The zero-order valence-corrected chi connectivity index (χ0v) is 14.8. The minimum absolute atomic E-state index is 0.451. The van der Waals surface area contributed by atoms with Crippen LogP contribution in [0.4, 0.5) is 11.4 Å². The van der Waals surface area contributed by atoms with Crippen LogP contribution in [0.15, 0.2) is 48.7 Å². The lowest BCUT2D eigenvalue weighted by Gasteiger charge is -2.14. The summed E-state index contributed by atoms with van der Waals surface area (Å²) in [6, 6.07) is 13.3. The molecule has 25 heavy (non-hydrogen) atoms. The lowest BCUT2D eigenvalue weighted by molar-refractivity contribution is 0.144. The second-order valence-electron chi connectivity index (χ2n) is 5.35. The van der Waals surface area contributed by atoms with Gasteiger partial charge in [0, 0.05) is 41.2 Å². The maximum atomic E-state index is 6.04. The summed E-state index contributed by atoms with van der Waals surface area (Å²) in [6.45, 7) is 0.962. The zero-order chi connectivity index (χ0) is 17.6. The molecule has 0 unspecified atom stereocenters. The Labute approximate surface area is 151 Å². The van der Waals surface area contributed by atoms with Gasteiger partial charge >= 0.3 is 0 Å². The first-order valence-electron chi connectivity index (χ1n) is 7.82. The maximum Gasteiger partial charge on any atom is 0.163 e. The molecule has 0 amide bonds. The van der Waals surface area contributed by atoms with Crippen LogP contribution < -0.4 is 14.8 Å². The molecule has 1 N–H and O–H groups in total. The van der Waals surface area contributed by atoms with E-state index >= 15 is 0 Å². The van der Waals surface area contributed by atoms with E-state index in [4.69, 9.17) is 25.8 Å². The summed E-state index contributed by atoms with van der Waals surface area (Å²) in [5.41, 5.74) is 2.66. The normalized spacial score (nSPS) is 10.7. The standard InChI is InChI=1S/C19H19ClN2O3/c1-23-9-10-25-19-12-14(4-6-18(19)24-2)22-16-7-8-21-17-11-13(20)3-5-15(16)17/h3-8,11-12H,9-10H2,1-2H3,(H,21,22). The van der Waals surface area contributed by atoms with Gasteiger partial charge < -0.3 is 19.5 Å². The molecule has 0 fully saturated rings. The van der Waals surface area contributed by atoms with Crippen LogP contribution in [-0.4, -0.2) is 32.4 Å². The smallest absolute Gasteiger partial charge is 0.163 e. The summed E-state index contributed by atoms with van der Waals surface area (Å²) in [6.07, 6.45) is 1.75. The van der Waals surface area contributed by atoms with Crippen molar-refractivity contribution < 1.29 is 14.2 Å². The highest BCUT2D eigenvalue weighted by Crippen LogP contribution is 2.33. The monoisotopic (exact) mass is 358 g/mol. The molecule has 0 saturated carbocycles. The van der Waals surface area contributed by atoms with Crippen LogP contribution in [0, 0.1) is 0 Å². The Morgan fingerprint density at radius 1 is 1.00 bits per heavy atom. The highest BCUT2D eigenvalue weighted by molar-refractivity contribution is 6.31. The van der Waals surface area contributed by atoms with Crippen molar-refractivity contribution in [3.05, 3.63) is 53.7 Å². The first kappa shape index (κ1) is 17.3. The summed E-state index contributed by atoms with van der Waals surface area (Å²) in [7, 11) is 3.26. The van der Waals surface area contributed by atoms with E-state index in [1.54, 1.807) is 20.4 Å². The van der Waals surface area contributed by atoms with Crippen LogP contribution >= 0.6 is 11.6 Å². The van der Waals surface area contributed by atoms with Crippen LogP contribution in [0.1, 0.15) is 0 Å². The first-order valence-corrected chi connectivity index (χ1v) is 8.20. The summed E-state index contributed by atoms with van der Waals surface area (Å²) in [5, 5.41) is 5.05. The summed E-state index contributed by atoms with van der Waals surface area (Å²) in [5.74, 6) is 1.33. The number of pyridine rings is 1. The number of fused-ring (bicyclic) bond motifs is 1. The van der Waals surface area contributed by atoms with Gasteiger partial charge in [0.15, 0.2) is 11.5 Å². The fourth-order valence-corrected chi connectivity index (χ4v) is 2.65. The molecular weight excluding hydrogens is 340 g/mol. The van der Waals surface area contributed by atoms with Crippen LogP contribution in [0.2, 0.25) is 5.02 Å². The Kier molecular flexibility index (Phi) is 5.58. The number of ether oxygens (including phenoxy) is 3. The highest BCUT2D eigenvalue weighted by Gasteiger charge is 2.08. The van der Waals surface area contributed by atoms with E-state index in [1.807, 2.05) is 42.5 Å². The molecule has 130 valence electrons. The van der Waals surface area contributed by atoms with Gasteiger partial charge in [0.2, 0.25) is 0 Å². The van der Waals surface area contributed by atoms with Gasteiger partial charge in [-0.2, -0.15) is 0 Å². The van der Waals surface area contributed by atoms with E-state index in [9.17, 15) is 0 Å². The number of hydrogen-bond donors (Lipinski definition) is 1. The van der Waals surface area contributed by atoms with E-state index in [0.29, 0.717) is 29.7 Å². The Hall–Kier alpha value is -2.50. The van der Waals surface area contributed by atoms with Crippen molar-refractivity contribution in [1.82, 2.24) is 4.98 Å². The van der Waals surface area contributed by atoms with E-state index in [-0.39, 0.29) is 0 Å². The minimum atomic E-state index is 0.451. The third kappa shape index (κ3) is 4.13. The molecule has 0 aliphatic carbocycles. The number of nitrogens with one attached hydrogen (secondary N) is 1. The quantitative estimate of drug-likeness (QED) is 0.622. The van der Waals surface area contributed by atoms with Gasteiger partial charge in [0.05, 0.1) is 19.2 Å². The minimum Gasteiger partial charge on any atom is -0.493 e. The van der Waals surface area contributed by atoms with Gasteiger partial charge in [-0.05, 0) is 36.4 Å². The van der Waals surface area contributed by atoms with Gasteiger partial charge in [-0.15, -0.1) is 0 Å². The number of halogens is 1. The molecular formula is C19H19ClN2O3. The third-order valence-corrected chi connectivity index (χ3v) is 3.93. The molecule has 2 aromatic carbocycles. The van der Waals surface area contributed by atoms with Crippen molar-refractivity contribution in [3.8, 4) is 11.5 Å². The number of methoxy groups -OCH3 is 2. The lowest BCUT2D eigenvalue weighted by Crippen LogP contribution is -2.05. The number of anilines is 2. The van der Waals surface area contributed by atoms with Gasteiger partial charge in [-0.1, -0.05) is 11.6 Å². The average molecular weight is 359 g/mol. The number of aromatic nitrogens is 1. The third-order valence-electron chi connectivity index (χ3n) is 3.69. The molecule has 0 spiro atoms. The molecule has 0 aliphatic rings. The van der Waals surface area contributed by atoms with Crippen LogP contribution in [0.5, 0.6) is 11.5 Å². The fraction of sp³-hybridized carbons (Fsp3) is 0.211. The van der Waals surface area contributed by atoms with Crippen LogP contribution in [-0.2, 0) is 4.74 Å². The molecule has 0 radical (unpaired) electrons. The molecule has 3 rings (SSSR count). The maximum absolute atomic E-state index is 6.04. The van der Waals surface area contributed by atoms with E-state index in [2.05, 4.69) is 10.3 Å². The second-order valence-corrected chi connectivity index (χ2v) is 5.79. The SMILES string of the molecule is COCCOc1cc(Nc2ccnc3cc(Cl)ccc23)ccc1OC. The van der Waals surface area contributed by atoms with E-state index in [1.165, 1.54) is 0 Å². The topological polar surface area (TPSA) is 52.6 Å². The number of rotatable bonds is 7. The van der Waals surface area contributed by atoms with Crippen LogP contribution in [0.25, 0.3) is 10.9 Å². The van der Waals surface area contributed by atoms with Gasteiger partial charge in [0.1, 0.15) is 6.61 Å². The van der Waals surface area contributed by atoms with Crippen molar-refractivity contribution in [2.75, 3.05) is 32.8 Å². The van der Waals surface area contributed by atoms with Crippen molar-refractivity contribution in [3.63, 3.8) is 0 Å². The largest absolute Gasteiger partial charge is 0.493 e. The number of benzene rings is 2. The predicted octanol–water partition coefficient (Wildman–Crippen LogP) is 4.67. The number of hydrogen-bond acceptors (Lipinski definition) is 5. The summed E-state index contributed by atoms with van der Waals surface area (Å²) in [4.78, 5) is 4.36.